The number of benzene rings is 1. The average Bonchev–Trinajstić information content (AvgIpc) is 3.16. The molecule has 0 aliphatic rings. The lowest BCUT2D eigenvalue weighted by atomic mass is 10.2. The van der Waals surface area contributed by atoms with Gasteiger partial charge in [0.15, 0.2) is 5.13 Å². The Bertz CT molecular complexity index is 909. The highest BCUT2D eigenvalue weighted by molar-refractivity contribution is 7.14. The summed E-state index contributed by atoms with van der Waals surface area (Å²) in [5.41, 5.74) is 1.46. The summed E-state index contributed by atoms with van der Waals surface area (Å²) in [6.07, 6.45) is 2.56. The number of carbonyl (C=O) groups is 2. The van der Waals surface area contributed by atoms with Crippen molar-refractivity contribution in [3.05, 3.63) is 65.3 Å². The molecule has 3 aromatic rings. The molecule has 2 amide bonds. The zero-order valence-corrected chi connectivity index (χ0v) is 15.5. The van der Waals surface area contributed by atoms with E-state index in [0.29, 0.717) is 34.4 Å². The maximum absolute atomic E-state index is 12.4. The lowest BCUT2D eigenvalue weighted by Gasteiger charge is -2.06. The van der Waals surface area contributed by atoms with Crippen molar-refractivity contribution in [2.75, 3.05) is 17.2 Å². The van der Waals surface area contributed by atoms with Crippen molar-refractivity contribution in [3.8, 4) is 0 Å². The largest absolute Gasteiger partial charge is 0.352 e. The third kappa shape index (κ3) is 5.11. The second-order valence-electron chi connectivity index (χ2n) is 5.67. The third-order valence-electron chi connectivity index (χ3n) is 3.58. The maximum atomic E-state index is 12.4. The molecule has 0 radical (unpaired) electrons. The normalized spacial score (nSPS) is 10.3. The van der Waals surface area contributed by atoms with Crippen LogP contribution in [0, 0.1) is 0 Å². The Labute approximate surface area is 160 Å². The monoisotopic (exact) mass is 381 g/mol. The number of carbonyl (C=O) groups excluding carboxylic acids is 2. The Morgan fingerprint density at radius 1 is 1.07 bits per heavy atom. The van der Waals surface area contributed by atoms with Crippen LogP contribution >= 0.6 is 11.3 Å². The molecule has 0 unspecified atom stereocenters. The van der Waals surface area contributed by atoms with E-state index in [9.17, 15) is 9.59 Å². The van der Waals surface area contributed by atoms with Crippen LogP contribution in [-0.2, 0) is 0 Å². The molecule has 0 spiro atoms. The molecule has 8 heteroatoms. The molecular formula is C19H19N5O2S. The molecule has 2 aromatic heterocycles. The molecule has 0 aliphatic carbocycles. The zero-order chi connectivity index (χ0) is 19.1. The topological polar surface area (TPSA) is 96.0 Å². The van der Waals surface area contributed by atoms with Crippen LogP contribution in [0.2, 0.25) is 0 Å². The van der Waals surface area contributed by atoms with Crippen molar-refractivity contribution in [2.45, 2.75) is 13.3 Å². The van der Waals surface area contributed by atoms with E-state index < -0.39 is 0 Å². The number of amides is 2. The molecule has 0 saturated heterocycles. The lowest BCUT2D eigenvalue weighted by Crippen LogP contribution is -2.23. The van der Waals surface area contributed by atoms with Crippen LogP contribution in [0.5, 0.6) is 0 Å². The predicted octanol–water partition coefficient (Wildman–Crippen LogP) is 3.67. The minimum Gasteiger partial charge on any atom is -0.352 e. The van der Waals surface area contributed by atoms with Crippen molar-refractivity contribution in [1.29, 1.82) is 0 Å². The van der Waals surface area contributed by atoms with Gasteiger partial charge in [0.2, 0.25) is 0 Å². The number of nitrogens with zero attached hydrogens (tertiary/aromatic N) is 2. The second kappa shape index (κ2) is 8.91. The zero-order valence-electron chi connectivity index (χ0n) is 14.7. The first kappa shape index (κ1) is 18.5. The van der Waals surface area contributed by atoms with Crippen molar-refractivity contribution in [2.24, 2.45) is 0 Å². The van der Waals surface area contributed by atoms with E-state index in [1.165, 1.54) is 11.3 Å². The minimum absolute atomic E-state index is 0.125. The van der Waals surface area contributed by atoms with Gasteiger partial charge in [-0.1, -0.05) is 13.0 Å². The number of hydrogen-bond acceptors (Lipinski definition) is 6. The van der Waals surface area contributed by atoms with Gasteiger partial charge in [-0.25, -0.2) is 9.97 Å². The number of pyridine rings is 1. The fourth-order valence-electron chi connectivity index (χ4n) is 2.22. The van der Waals surface area contributed by atoms with Gasteiger partial charge in [-0.2, -0.15) is 0 Å². The number of thiazole rings is 1. The van der Waals surface area contributed by atoms with Gasteiger partial charge in [-0.3, -0.25) is 9.59 Å². The Morgan fingerprint density at radius 3 is 2.59 bits per heavy atom. The van der Waals surface area contributed by atoms with Gasteiger partial charge in [0.25, 0.3) is 11.8 Å². The van der Waals surface area contributed by atoms with E-state index in [0.717, 1.165) is 6.42 Å². The summed E-state index contributed by atoms with van der Waals surface area (Å²) in [6, 6.07) is 12.2. The number of rotatable bonds is 7. The highest BCUT2D eigenvalue weighted by Gasteiger charge is 2.12. The van der Waals surface area contributed by atoms with E-state index in [1.807, 2.05) is 25.1 Å². The Morgan fingerprint density at radius 2 is 1.89 bits per heavy atom. The summed E-state index contributed by atoms with van der Waals surface area (Å²) < 4.78 is 0. The van der Waals surface area contributed by atoms with E-state index in [-0.39, 0.29) is 11.8 Å². The quantitative estimate of drug-likeness (QED) is 0.580. The lowest BCUT2D eigenvalue weighted by molar-refractivity contribution is 0.0953. The summed E-state index contributed by atoms with van der Waals surface area (Å²) in [5, 5.41) is 10.9. The Kier molecular flexibility index (Phi) is 6.11. The summed E-state index contributed by atoms with van der Waals surface area (Å²) in [6.45, 7) is 2.63. The van der Waals surface area contributed by atoms with Crippen LogP contribution in [0.1, 0.15) is 34.2 Å². The van der Waals surface area contributed by atoms with Crippen LogP contribution in [0.4, 0.5) is 16.6 Å². The SMILES string of the molecule is CCCNC(=O)c1ccc(NC(=O)c2csc(Nc3ccccn3)n2)cc1. The standard InChI is InChI=1S/C19H19N5O2S/c1-2-10-21-17(25)13-6-8-14(9-7-13)22-18(26)15-12-27-19(23-15)24-16-5-3-4-11-20-16/h3-9,11-12H,2,10H2,1H3,(H,21,25)(H,22,26)(H,20,23,24). The summed E-state index contributed by atoms with van der Waals surface area (Å²) in [5.74, 6) is 0.221. The van der Waals surface area contributed by atoms with Gasteiger partial charge in [0.05, 0.1) is 0 Å². The van der Waals surface area contributed by atoms with Crippen LogP contribution in [0.15, 0.2) is 54.0 Å². The van der Waals surface area contributed by atoms with Crippen molar-refractivity contribution in [3.63, 3.8) is 0 Å². The van der Waals surface area contributed by atoms with E-state index in [2.05, 4.69) is 25.9 Å². The molecule has 3 rings (SSSR count). The van der Waals surface area contributed by atoms with Crippen molar-refractivity contribution < 1.29 is 9.59 Å². The first-order valence-corrected chi connectivity index (χ1v) is 9.37. The fraction of sp³-hybridized carbons (Fsp3) is 0.158. The summed E-state index contributed by atoms with van der Waals surface area (Å²) in [4.78, 5) is 32.7. The predicted molar refractivity (Wildman–Crippen MR) is 107 cm³/mol. The maximum Gasteiger partial charge on any atom is 0.275 e. The van der Waals surface area contributed by atoms with Crippen LogP contribution < -0.4 is 16.0 Å². The second-order valence-corrected chi connectivity index (χ2v) is 6.52. The number of aromatic nitrogens is 2. The van der Waals surface area contributed by atoms with Gasteiger partial charge in [0, 0.05) is 29.4 Å². The molecular weight excluding hydrogens is 362 g/mol. The van der Waals surface area contributed by atoms with Crippen LogP contribution in [-0.4, -0.2) is 28.3 Å². The third-order valence-corrected chi connectivity index (χ3v) is 4.33. The van der Waals surface area contributed by atoms with E-state index >= 15 is 0 Å². The average molecular weight is 381 g/mol. The van der Waals surface area contributed by atoms with Crippen LogP contribution in [0.3, 0.4) is 0 Å². The Balaban J connectivity index is 1.59. The molecule has 0 fully saturated rings. The van der Waals surface area contributed by atoms with E-state index in [4.69, 9.17) is 0 Å². The fourth-order valence-corrected chi connectivity index (χ4v) is 2.92. The van der Waals surface area contributed by atoms with Crippen molar-refractivity contribution in [1.82, 2.24) is 15.3 Å². The van der Waals surface area contributed by atoms with Gasteiger partial charge in [-0.15, -0.1) is 11.3 Å². The smallest absolute Gasteiger partial charge is 0.275 e. The van der Waals surface area contributed by atoms with Gasteiger partial charge < -0.3 is 16.0 Å². The number of hydrogen-bond donors (Lipinski definition) is 3. The summed E-state index contributed by atoms with van der Waals surface area (Å²) in [7, 11) is 0. The first-order chi connectivity index (χ1) is 13.2. The highest BCUT2D eigenvalue weighted by Crippen LogP contribution is 2.20. The molecule has 138 valence electrons. The van der Waals surface area contributed by atoms with Gasteiger partial charge >= 0.3 is 0 Å². The van der Waals surface area contributed by atoms with Crippen molar-refractivity contribution >= 4 is 39.8 Å². The number of nitrogens with one attached hydrogen (secondary N) is 3. The molecule has 2 heterocycles. The van der Waals surface area contributed by atoms with Crippen LogP contribution in [0.25, 0.3) is 0 Å². The summed E-state index contributed by atoms with van der Waals surface area (Å²) >= 11 is 1.32. The molecule has 7 nitrogen and oxygen atoms in total. The molecule has 27 heavy (non-hydrogen) atoms. The Hall–Kier alpha value is -3.26. The van der Waals surface area contributed by atoms with Gasteiger partial charge in [0.1, 0.15) is 11.5 Å². The van der Waals surface area contributed by atoms with Gasteiger partial charge in [-0.05, 0) is 42.8 Å². The molecule has 0 bridgehead atoms. The molecule has 0 atom stereocenters. The molecule has 1 aromatic carbocycles. The number of anilines is 3. The minimum atomic E-state index is -0.316. The highest BCUT2D eigenvalue weighted by atomic mass is 32.1. The molecule has 3 N–H and O–H groups in total. The molecule has 0 aliphatic heterocycles. The van der Waals surface area contributed by atoms with E-state index in [1.54, 1.807) is 35.8 Å². The first-order valence-electron chi connectivity index (χ1n) is 8.49. The molecule has 0 saturated carbocycles.